The van der Waals surface area contributed by atoms with Crippen molar-refractivity contribution in [1.29, 1.82) is 0 Å². The quantitative estimate of drug-likeness (QED) is 0.809. The first-order valence-electron chi connectivity index (χ1n) is 5.37. The summed E-state index contributed by atoms with van der Waals surface area (Å²) in [5.41, 5.74) is 1.70. The molecule has 0 aliphatic carbocycles. The Morgan fingerprint density at radius 1 is 1.59 bits per heavy atom. The summed E-state index contributed by atoms with van der Waals surface area (Å²) in [7, 11) is 1.79. The molecule has 0 saturated carbocycles. The van der Waals surface area contributed by atoms with Crippen LogP contribution in [0.5, 0.6) is 0 Å². The molecule has 1 N–H and O–H groups in total. The van der Waals surface area contributed by atoms with Gasteiger partial charge in [0.2, 0.25) is 0 Å². The Morgan fingerprint density at radius 2 is 2.35 bits per heavy atom. The van der Waals surface area contributed by atoms with Crippen LogP contribution in [0.4, 0.5) is 5.82 Å². The Balaban J connectivity index is 2.60. The highest BCUT2D eigenvalue weighted by atomic mass is 16.5. The van der Waals surface area contributed by atoms with Gasteiger partial charge >= 0.3 is 5.97 Å². The van der Waals surface area contributed by atoms with Gasteiger partial charge < -0.3 is 10.1 Å². The van der Waals surface area contributed by atoms with Gasteiger partial charge in [0.15, 0.2) is 5.65 Å². The van der Waals surface area contributed by atoms with Crippen molar-refractivity contribution in [3.05, 3.63) is 23.5 Å². The van der Waals surface area contributed by atoms with Crippen molar-refractivity contribution >= 4 is 17.4 Å². The summed E-state index contributed by atoms with van der Waals surface area (Å²) in [6.45, 7) is 3.96. The monoisotopic (exact) mass is 234 g/mol. The topological polar surface area (TPSA) is 68.5 Å². The number of esters is 1. The van der Waals surface area contributed by atoms with Crippen LogP contribution >= 0.6 is 0 Å². The maximum atomic E-state index is 11.7. The summed E-state index contributed by atoms with van der Waals surface area (Å²) in [6, 6.07) is 1.86. The molecule has 0 aromatic carbocycles. The highest BCUT2D eigenvalue weighted by molar-refractivity contribution is 5.95. The summed E-state index contributed by atoms with van der Waals surface area (Å²) in [5, 5.41) is 7.13. The van der Waals surface area contributed by atoms with E-state index in [1.165, 1.54) is 6.20 Å². The summed E-state index contributed by atoms with van der Waals surface area (Å²) in [4.78, 5) is 16.0. The third-order valence-electron chi connectivity index (χ3n) is 2.35. The number of nitrogens with one attached hydrogen (secondary N) is 1. The van der Waals surface area contributed by atoms with Crippen molar-refractivity contribution in [2.75, 3.05) is 19.0 Å². The predicted octanol–water partition coefficient (Wildman–Crippen LogP) is 1.26. The van der Waals surface area contributed by atoms with Gasteiger partial charge in [0.25, 0.3) is 0 Å². The van der Waals surface area contributed by atoms with Gasteiger partial charge in [-0.15, -0.1) is 0 Å². The number of carbonyl (C=O) groups excluding carboxylic acids is 1. The molecule has 2 aromatic heterocycles. The average Bonchev–Trinajstić information content (AvgIpc) is 2.71. The number of hydrogen-bond acceptors (Lipinski definition) is 5. The fraction of sp³-hybridized carbons (Fsp3) is 0.364. The van der Waals surface area contributed by atoms with Crippen LogP contribution < -0.4 is 5.32 Å². The minimum atomic E-state index is -0.400. The van der Waals surface area contributed by atoms with E-state index in [9.17, 15) is 4.79 Å². The van der Waals surface area contributed by atoms with Gasteiger partial charge in [-0.1, -0.05) is 0 Å². The summed E-state index contributed by atoms with van der Waals surface area (Å²) in [6.07, 6.45) is 1.47. The molecule has 2 rings (SSSR count). The summed E-state index contributed by atoms with van der Waals surface area (Å²) >= 11 is 0. The number of aryl methyl sites for hydroxylation is 1. The molecule has 2 heterocycles. The number of ether oxygens (including phenoxy) is 1. The van der Waals surface area contributed by atoms with Crippen molar-refractivity contribution in [2.45, 2.75) is 13.8 Å². The number of carbonyl (C=O) groups is 1. The molecule has 17 heavy (non-hydrogen) atoms. The Kier molecular flexibility index (Phi) is 2.95. The van der Waals surface area contributed by atoms with E-state index in [-0.39, 0.29) is 0 Å². The standard InChI is InChI=1S/C11H14N4O2/c1-4-17-11(16)8-6-13-15-9(12-3)5-7(2)14-10(8)15/h5-6,12H,4H2,1-3H3. The van der Waals surface area contributed by atoms with Crippen LogP contribution in [-0.2, 0) is 4.74 Å². The highest BCUT2D eigenvalue weighted by Gasteiger charge is 2.16. The zero-order valence-electron chi connectivity index (χ0n) is 10.0. The lowest BCUT2D eigenvalue weighted by molar-refractivity contribution is 0.0528. The minimum Gasteiger partial charge on any atom is -0.462 e. The summed E-state index contributed by atoms with van der Waals surface area (Å²) in [5.74, 6) is 0.380. The SMILES string of the molecule is CCOC(=O)c1cnn2c(NC)cc(C)nc12. The number of hydrogen-bond donors (Lipinski definition) is 1. The van der Waals surface area contributed by atoms with Crippen LogP contribution in [0.2, 0.25) is 0 Å². The van der Waals surface area contributed by atoms with Crippen LogP contribution in [0.1, 0.15) is 23.0 Å². The largest absolute Gasteiger partial charge is 0.462 e. The van der Waals surface area contributed by atoms with Crippen LogP contribution in [0.25, 0.3) is 5.65 Å². The van der Waals surface area contributed by atoms with E-state index >= 15 is 0 Å². The molecule has 0 saturated heterocycles. The van der Waals surface area contributed by atoms with Crippen molar-refractivity contribution in [2.24, 2.45) is 0 Å². The Morgan fingerprint density at radius 3 is 3.00 bits per heavy atom. The Hall–Kier alpha value is -2.11. The second-order valence-corrected chi connectivity index (χ2v) is 3.55. The van der Waals surface area contributed by atoms with Gasteiger partial charge in [-0.05, 0) is 13.8 Å². The molecule has 0 radical (unpaired) electrons. The minimum absolute atomic E-state index is 0.334. The molecule has 0 fully saturated rings. The molecule has 2 aromatic rings. The molecular formula is C11H14N4O2. The van der Waals surface area contributed by atoms with Gasteiger partial charge in [0.05, 0.1) is 12.8 Å². The Bertz CT molecular complexity index is 562. The maximum absolute atomic E-state index is 11.7. The zero-order valence-corrected chi connectivity index (χ0v) is 10.0. The number of aromatic nitrogens is 3. The smallest absolute Gasteiger partial charge is 0.343 e. The average molecular weight is 234 g/mol. The molecule has 90 valence electrons. The van der Waals surface area contributed by atoms with Crippen molar-refractivity contribution in [3.63, 3.8) is 0 Å². The molecule has 0 unspecified atom stereocenters. The van der Waals surface area contributed by atoms with Crippen LogP contribution in [0, 0.1) is 6.92 Å². The lowest BCUT2D eigenvalue weighted by Crippen LogP contribution is -2.06. The first-order valence-corrected chi connectivity index (χ1v) is 5.37. The fourth-order valence-corrected chi connectivity index (χ4v) is 1.62. The molecule has 0 aliphatic heterocycles. The van der Waals surface area contributed by atoms with Crippen LogP contribution in [0.3, 0.4) is 0 Å². The number of fused-ring (bicyclic) bond motifs is 1. The van der Waals surface area contributed by atoms with Crippen LogP contribution in [-0.4, -0.2) is 34.2 Å². The molecule has 0 aliphatic rings. The third-order valence-corrected chi connectivity index (χ3v) is 2.35. The van der Waals surface area contributed by atoms with Crippen molar-refractivity contribution in [1.82, 2.24) is 14.6 Å². The van der Waals surface area contributed by atoms with Gasteiger partial charge in [0.1, 0.15) is 11.4 Å². The van der Waals surface area contributed by atoms with E-state index in [4.69, 9.17) is 4.74 Å². The van der Waals surface area contributed by atoms with E-state index in [1.807, 2.05) is 13.0 Å². The number of anilines is 1. The molecule has 6 nitrogen and oxygen atoms in total. The first-order chi connectivity index (χ1) is 8.17. The lowest BCUT2D eigenvalue weighted by Gasteiger charge is -2.05. The second-order valence-electron chi connectivity index (χ2n) is 3.55. The van der Waals surface area contributed by atoms with Gasteiger partial charge in [0, 0.05) is 18.8 Å². The number of nitrogens with zero attached hydrogens (tertiary/aromatic N) is 3. The molecule has 6 heteroatoms. The first kappa shape index (κ1) is 11.4. The van der Waals surface area contributed by atoms with Crippen molar-refractivity contribution < 1.29 is 9.53 Å². The summed E-state index contributed by atoms with van der Waals surface area (Å²) < 4.78 is 6.54. The zero-order chi connectivity index (χ0) is 12.4. The van der Waals surface area contributed by atoms with Crippen LogP contribution in [0.15, 0.2) is 12.3 Å². The third kappa shape index (κ3) is 1.93. The molecule has 0 amide bonds. The van der Waals surface area contributed by atoms with Gasteiger partial charge in [-0.25, -0.2) is 9.78 Å². The number of rotatable bonds is 3. The fourth-order valence-electron chi connectivity index (χ4n) is 1.62. The molecular weight excluding hydrogens is 220 g/mol. The second kappa shape index (κ2) is 4.40. The lowest BCUT2D eigenvalue weighted by atomic mass is 10.3. The van der Waals surface area contributed by atoms with Crippen molar-refractivity contribution in [3.8, 4) is 0 Å². The molecule has 0 atom stereocenters. The molecule has 0 spiro atoms. The maximum Gasteiger partial charge on any atom is 0.343 e. The molecule has 0 bridgehead atoms. The highest BCUT2D eigenvalue weighted by Crippen LogP contribution is 2.16. The Labute approximate surface area is 98.6 Å². The van der Waals surface area contributed by atoms with E-state index in [0.29, 0.717) is 17.8 Å². The van der Waals surface area contributed by atoms with Gasteiger partial charge in [-0.2, -0.15) is 9.61 Å². The van der Waals surface area contributed by atoms with E-state index in [2.05, 4.69) is 15.4 Å². The van der Waals surface area contributed by atoms with Gasteiger partial charge in [-0.3, -0.25) is 0 Å². The van der Waals surface area contributed by atoms with E-state index in [0.717, 1.165) is 11.5 Å². The van der Waals surface area contributed by atoms with E-state index < -0.39 is 5.97 Å². The van der Waals surface area contributed by atoms with E-state index in [1.54, 1.807) is 18.5 Å². The normalized spacial score (nSPS) is 10.5. The predicted molar refractivity (Wildman–Crippen MR) is 63.2 cm³/mol.